The molecule has 0 unspecified atom stereocenters. The Bertz CT molecular complexity index is 1640. The summed E-state index contributed by atoms with van der Waals surface area (Å²) in [4.78, 5) is 30.2. The number of anilines is 1. The second kappa shape index (κ2) is 11.4. The highest BCUT2D eigenvalue weighted by Crippen LogP contribution is 2.33. The quantitative estimate of drug-likeness (QED) is 0.283. The van der Waals surface area contributed by atoms with E-state index in [4.69, 9.17) is 23.2 Å². The van der Waals surface area contributed by atoms with Crippen LogP contribution in [0.1, 0.15) is 20.8 Å². The predicted molar refractivity (Wildman–Crippen MR) is 144 cm³/mol. The highest BCUT2D eigenvalue weighted by Gasteiger charge is 2.21. The number of aromatic nitrogens is 6. The van der Waals surface area contributed by atoms with Crippen molar-refractivity contribution >= 4 is 40.8 Å². The number of carbonyl (C=O) groups is 2. The Kier molecular flexibility index (Phi) is 7.62. The molecule has 0 aliphatic rings. The van der Waals surface area contributed by atoms with E-state index < -0.39 is 17.6 Å². The van der Waals surface area contributed by atoms with Crippen LogP contribution in [0.4, 0.5) is 10.2 Å². The number of carbonyl (C=O) groups excluding carboxylic acids is 2. The summed E-state index contributed by atoms with van der Waals surface area (Å²) >= 11 is 12.6. The number of hydrogen-bond donors (Lipinski definition) is 2. The normalized spacial score (nSPS) is 10.8. The summed E-state index contributed by atoms with van der Waals surface area (Å²) in [5.41, 5.74) is 0.889. The predicted octanol–water partition coefficient (Wildman–Crippen LogP) is 4.65. The van der Waals surface area contributed by atoms with Crippen LogP contribution in [0, 0.1) is 5.82 Å². The Morgan fingerprint density at radius 3 is 2.51 bits per heavy atom. The molecule has 0 bridgehead atoms. The number of para-hydroxylation sites is 1. The van der Waals surface area contributed by atoms with Gasteiger partial charge >= 0.3 is 0 Å². The highest BCUT2D eigenvalue weighted by atomic mass is 35.5. The molecule has 3 heterocycles. The van der Waals surface area contributed by atoms with Gasteiger partial charge in [0.05, 0.1) is 34.0 Å². The van der Waals surface area contributed by atoms with Crippen molar-refractivity contribution in [3.8, 4) is 16.9 Å². The lowest BCUT2D eigenvalue weighted by molar-refractivity contribution is 0.0945. The Labute approximate surface area is 231 Å². The average Bonchev–Trinajstić information content (AvgIpc) is 3.60. The molecule has 2 aromatic carbocycles. The largest absolute Gasteiger partial charge is 0.349 e. The number of pyridine rings is 1. The molecule has 0 spiro atoms. The molecule has 0 radical (unpaired) electrons. The Morgan fingerprint density at radius 2 is 1.77 bits per heavy atom. The van der Waals surface area contributed by atoms with E-state index in [1.165, 1.54) is 41.2 Å². The zero-order chi connectivity index (χ0) is 27.4. The molecule has 0 fully saturated rings. The van der Waals surface area contributed by atoms with E-state index in [0.29, 0.717) is 12.2 Å². The smallest absolute Gasteiger partial charge is 0.271 e. The van der Waals surface area contributed by atoms with Crippen LogP contribution in [-0.2, 0) is 6.54 Å². The molecule has 5 aromatic rings. The van der Waals surface area contributed by atoms with Crippen LogP contribution >= 0.6 is 23.2 Å². The standard InChI is InChI=1S/C26H19Cl2FN8O2/c27-19-14-20(28)18(13-17(19)24-21(29)7-4-8-30-24)25(38)33-23-15-22(34-37(23)16-5-2-1-3-6-16)26(39)31-9-11-36-12-10-32-35-36/h1-8,10,12-15H,9,11H2,(H,31,39)(H,33,38). The topological polar surface area (TPSA) is 120 Å². The van der Waals surface area contributed by atoms with Gasteiger partial charge in [0.15, 0.2) is 5.69 Å². The minimum Gasteiger partial charge on any atom is -0.349 e. The Morgan fingerprint density at radius 1 is 0.949 bits per heavy atom. The third-order valence-corrected chi connectivity index (χ3v) is 6.22. The molecule has 196 valence electrons. The summed E-state index contributed by atoms with van der Waals surface area (Å²) < 4.78 is 17.4. The summed E-state index contributed by atoms with van der Waals surface area (Å²) in [5.74, 6) is -1.46. The minimum absolute atomic E-state index is 0.0209. The summed E-state index contributed by atoms with van der Waals surface area (Å²) in [6.07, 6.45) is 4.64. The van der Waals surface area contributed by atoms with Gasteiger partial charge in [0.25, 0.3) is 11.8 Å². The Hall–Kier alpha value is -4.61. The van der Waals surface area contributed by atoms with Gasteiger partial charge in [-0.15, -0.1) is 5.10 Å². The van der Waals surface area contributed by atoms with E-state index >= 15 is 0 Å². The molecular weight excluding hydrogens is 546 g/mol. The lowest BCUT2D eigenvalue weighted by Crippen LogP contribution is -2.27. The van der Waals surface area contributed by atoms with Gasteiger partial charge in [0, 0.05) is 30.6 Å². The van der Waals surface area contributed by atoms with E-state index in [0.717, 1.165) is 0 Å². The van der Waals surface area contributed by atoms with E-state index in [1.54, 1.807) is 41.3 Å². The van der Waals surface area contributed by atoms with Crippen molar-refractivity contribution in [3.05, 3.63) is 106 Å². The maximum absolute atomic E-state index is 14.4. The molecule has 5 rings (SSSR count). The van der Waals surface area contributed by atoms with E-state index in [9.17, 15) is 14.0 Å². The van der Waals surface area contributed by atoms with E-state index in [1.807, 2.05) is 6.07 Å². The second-order valence-corrected chi connectivity index (χ2v) is 9.00. The van der Waals surface area contributed by atoms with Gasteiger partial charge in [-0.3, -0.25) is 19.3 Å². The molecule has 0 saturated heterocycles. The second-order valence-electron chi connectivity index (χ2n) is 8.18. The third-order valence-electron chi connectivity index (χ3n) is 5.60. The SMILES string of the molecule is O=C(NCCn1ccnn1)c1cc(NC(=O)c2cc(-c3ncccc3F)c(Cl)cc2Cl)n(-c2ccccc2)n1. The number of halogens is 3. The van der Waals surface area contributed by atoms with Crippen LogP contribution < -0.4 is 10.6 Å². The highest BCUT2D eigenvalue weighted by molar-refractivity contribution is 6.38. The fraction of sp³-hybridized carbons (Fsp3) is 0.0769. The average molecular weight is 565 g/mol. The number of hydrogen-bond acceptors (Lipinski definition) is 6. The molecule has 39 heavy (non-hydrogen) atoms. The fourth-order valence-corrected chi connectivity index (χ4v) is 4.30. The fourth-order valence-electron chi connectivity index (χ4n) is 3.75. The number of nitrogens with one attached hydrogen (secondary N) is 2. The molecule has 13 heteroatoms. The zero-order valence-corrected chi connectivity index (χ0v) is 21.6. The van der Waals surface area contributed by atoms with Crippen LogP contribution in [0.25, 0.3) is 16.9 Å². The first-order valence-corrected chi connectivity index (χ1v) is 12.4. The lowest BCUT2D eigenvalue weighted by atomic mass is 10.1. The van der Waals surface area contributed by atoms with Crippen LogP contribution in [0.3, 0.4) is 0 Å². The lowest BCUT2D eigenvalue weighted by Gasteiger charge is -2.12. The van der Waals surface area contributed by atoms with Gasteiger partial charge in [-0.25, -0.2) is 9.07 Å². The van der Waals surface area contributed by atoms with Gasteiger partial charge in [-0.05, 0) is 36.4 Å². The number of nitrogens with zero attached hydrogens (tertiary/aromatic N) is 6. The molecule has 0 aliphatic carbocycles. The van der Waals surface area contributed by atoms with Crippen LogP contribution in [0.5, 0.6) is 0 Å². The van der Waals surface area contributed by atoms with Crippen molar-refractivity contribution in [1.29, 1.82) is 0 Å². The zero-order valence-electron chi connectivity index (χ0n) is 20.1. The molecular formula is C26H19Cl2FN8O2. The van der Waals surface area contributed by atoms with Crippen molar-refractivity contribution in [3.63, 3.8) is 0 Å². The molecule has 2 amide bonds. The van der Waals surface area contributed by atoms with Gasteiger partial charge in [-0.1, -0.05) is 46.6 Å². The first kappa shape index (κ1) is 26.0. The van der Waals surface area contributed by atoms with Crippen molar-refractivity contribution in [1.82, 2.24) is 35.1 Å². The molecule has 0 aliphatic heterocycles. The van der Waals surface area contributed by atoms with Gasteiger partial charge in [0.1, 0.15) is 17.3 Å². The monoisotopic (exact) mass is 564 g/mol. The van der Waals surface area contributed by atoms with Crippen molar-refractivity contribution in [2.75, 3.05) is 11.9 Å². The van der Waals surface area contributed by atoms with Gasteiger partial charge in [0.2, 0.25) is 0 Å². The minimum atomic E-state index is -0.621. The third kappa shape index (κ3) is 5.79. The van der Waals surface area contributed by atoms with E-state index in [-0.39, 0.29) is 44.9 Å². The molecule has 2 N–H and O–H groups in total. The molecule has 10 nitrogen and oxygen atoms in total. The van der Waals surface area contributed by atoms with Gasteiger partial charge in [-0.2, -0.15) is 5.10 Å². The van der Waals surface area contributed by atoms with Crippen molar-refractivity contribution in [2.24, 2.45) is 0 Å². The molecule has 3 aromatic heterocycles. The first-order chi connectivity index (χ1) is 18.9. The van der Waals surface area contributed by atoms with Crippen LogP contribution in [-0.4, -0.2) is 48.1 Å². The van der Waals surface area contributed by atoms with Crippen molar-refractivity contribution < 1.29 is 14.0 Å². The van der Waals surface area contributed by atoms with Gasteiger partial charge < -0.3 is 10.6 Å². The summed E-state index contributed by atoms with van der Waals surface area (Å²) in [7, 11) is 0. The van der Waals surface area contributed by atoms with Crippen LogP contribution in [0.15, 0.2) is 79.3 Å². The summed E-state index contributed by atoms with van der Waals surface area (Å²) in [6.45, 7) is 0.707. The first-order valence-electron chi connectivity index (χ1n) is 11.6. The van der Waals surface area contributed by atoms with Crippen LogP contribution in [0.2, 0.25) is 10.0 Å². The maximum atomic E-state index is 14.4. The number of amides is 2. The summed E-state index contributed by atoms with van der Waals surface area (Å²) in [5, 5.41) is 17.7. The van der Waals surface area contributed by atoms with E-state index in [2.05, 4.69) is 31.0 Å². The Balaban J connectivity index is 1.43. The summed E-state index contributed by atoms with van der Waals surface area (Å²) in [6, 6.07) is 15.8. The number of rotatable bonds is 8. The maximum Gasteiger partial charge on any atom is 0.271 e. The molecule has 0 atom stereocenters. The van der Waals surface area contributed by atoms with Crippen molar-refractivity contribution in [2.45, 2.75) is 6.54 Å². The number of benzene rings is 2. The molecule has 0 saturated carbocycles.